The van der Waals surface area contributed by atoms with Gasteiger partial charge in [-0.25, -0.2) is 4.79 Å². The first kappa shape index (κ1) is 14.9. The number of rotatable bonds is 3. The molecular formula is C17H22N2O3. The fourth-order valence-corrected chi connectivity index (χ4v) is 2.83. The lowest BCUT2D eigenvalue weighted by atomic mass is 9.84. The van der Waals surface area contributed by atoms with E-state index in [1.165, 1.54) is 6.42 Å². The number of piperazine rings is 1. The minimum absolute atomic E-state index is 0.233. The van der Waals surface area contributed by atoms with Crippen LogP contribution in [0.25, 0.3) is 0 Å². The Morgan fingerprint density at radius 1 is 1.00 bits per heavy atom. The van der Waals surface area contributed by atoms with Crippen molar-refractivity contribution >= 4 is 12.0 Å². The quantitative estimate of drug-likeness (QED) is 0.860. The van der Waals surface area contributed by atoms with E-state index in [2.05, 4.69) is 0 Å². The second-order valence-electron chi connectivity index (χ2n) is 5.98. The summed E-state index contributed by atoms with van der Waals surface area (Å²) in [6.45, 7) is 2.66. The maximum Gasteiger partial charge on any atom is 0.410 e. The molecule has 0 spiro atoms. The number of carbonyl (C=O) groups excluding carboxylic acids is 2. The van der Waals surface area contributed by atoms with Crippen molar-refractivity contribution in [3.63, 3.8) is 0 Å². The summed E-state index contributed by atoms with van der Waals surface area (Å²) in [6, 6.07) is 9.65. The number of ether oxygens (including phenoxy) is 1. The van der Waals surface area contributed by atoms with E-state index < -0.39 is 0 Å². The molecule has 0 N–H and O–H groups in total. The third-order valence-corrected chi connectivity index (χ3v) is 4.51. The zero-order valence-electron chi connectivity index (χ0n) is 12.7. The van der Waals surface area contributed by atoms with Crippen molar-refractivity contribution in [3.8, 4) is 0 Å². The number of hydrogen-bond acceptors (Lipinski definition) is 3. The van der Waals surface area contributed by atoms with E-state index in [4.69, 9.17) is 4.74 Å². The van der Waals surface area contributed by atoms with Gasteiger partial charge in [0.2, 0.25) is 5.91 Å². The third-order valence-electron chi connectivity index (χ3n) is 4.51. The van der Waals surface area contributed by atoms with Crippen molar-refractivity contribution in [2.75, 3.05) is 26.2 Å². The highest BCUT2D eigenvalue weighted by molar-refractivity contribution is 5.80. The first-order valence-corrected chi connectivity index (χ1v) is 7.98. The Kier molecular flexibility index (Phi) is 4.61. The van der Waals surface area contributed by atoms with Gasteiger partial charge in [0.15, 0.2) is 0 Å². The summed E-state index contributed by atoms with van der Waals surface area (Å²) in [5.41, 5.74) is 0.981. The van der Waals surface area contributed by atoms with Gasteiger partial charge in [-0.3, -0.25) is 4.79 Å². The summed E-state index contributed by atoms with van der Waals surface area (Å²) in [5, 5.41) is 0. The van der Waals surface area contributed by atoms with Gasteiger partial charge >= 0.3 is 6.09 Å². The van der Waals surface area contributed by atoms with Gasteiger partial charge in [0.25, 0.3) is 0 Å². The Hall–Kier alpha value is -2.04. The largest absolute Gasteiger partial charge is 0.445 e. The maximum absolute atomic E-state index is 12.2. The van der Waals surface area contributed by atoms with E-state index in [9.17, 15) is 9.59 Å². The van der Waals surface area contributed by atoms with Crippen LogP contribution in [0.3, 0.4) is 0 Å². The molecule has 0 aromatic heterocycles. The van der Waals surface area contributed by atoms with Crippen molar-refractivity contribution in [1.82, 2.24) is 9.80 Å². The molecule has 0 radical (unpaired) electrons. The second-order valence-corrected chi connectivity index (χ2v) is 5.98. The van der Waals surface area contributed by atoms with Gasteiger partial charge in [-0.2, -0.15) is 0 Å². The molecule has 2 aliphatic rings. The van der Waals surface area contributed by atoms with Crippen molar-refractivity contribution in [3.05, 3.63) is 35.9 Å². The van der Waals surface area contributed by atoms with E-state index in [0.29, 0.717) is 32.8 Å². The normalized spacial score (nSPS) is 18.7. The van der Waals surface area contributed by atoms with Crippen molar-refractivity contribution < 1.29 is 14.3 Å². The monoisotopic (exact) mass is 302 g/mol. The lowest BCUT2D eigenvalue weighted by Gasteiger charge is -2.37. The van der Waals surface area contributed by atoms with Crippen LogP contribution in [0.5, 0.6) is 0 Å². The van der Waals surface area contributed by atoms with Crippen LogP contribution in [0.1, 0.15) is 24.8 Å². The van der Waals surface area contributed by atoms with Gasteiger partial charge < -0.3 is 14.5 Å². The third kappa shape index (κ3) is 3.40. The Morgan fingerprint density at radius 3 is 2.23 bits per heavy atom. The molecule has 0 bridgehead atoms. The SMILES string of the molecule is O=C(OCc1ccccc1)N1CCN(C(=O)C2CCC2)CC1. The summed E-state index contributed by atoms with van der Waals surface area (Å²) in [6.07, 6.45) is 2.93. The van der Waals surface area contributed by atoms with Crippen LogP contribution in [0, 0.1) is 5.92 Å². The molecule has 1 saturated heterocycles. The van der Waals surface area contributed by atoms with Gasteiger partial charge in [-0.05, 0) is 18.4 Å². The summed E-state index contributed by atoms with van der Waals surface area (Å²) in [5.74, 6) is 0.500. The second kappa shape index (κ2) is 6.81. The van der Waals surface area contributed by atoms with E-state index >= 15 is 0 Å². The summed E-state index contributed by atoms with van der Waals surface area (Å²) >= 11 is 0. The number of carbonyl (C=O) groups is 2. The van der Waals surface area contributed by atoms with Gasteiger partial charge in [-0.15, -0.1) is 0 Å². The van der Waals surface area contributed by atoms with Crippen LogP contribution < -0.4 is 0 Å². The topological polar surface area (TPSA) is 49.9 Å². The van der Waals surface area contributed by atoms with Gasteiger partial charge in [0, 0.05) is 32.1 Å². The molecule has 22 heavy (non-hydrogen) atoms. The fourth-order valence-electron chi connectivity index (χ4n) is 2.83. The number of nitrogens with zero attached hydrogens (tertiary/aromatic N) is 2. The van der Waals surface area contributed by atoms with Crippen LogP contribution >= 0.6 is 0 Å². The molecule has 3 rings (SSSR count). The molecule has 1 saturated carbocycles. The minimum atomic E-state index is -0.292. The van der Waals surface area contributed by atoms with Crippen LogP contribution in [0.2, 0.25) is 0 Å². The summed E-state index contributed by atoms with van der Waals surface area (Å²) in [7, 11) is 0. The minimum Gasteiger partial charge on any atom is -0.445 e. The molecule has 1 aliphatic heterocycles. The Balaban J connectivity index is 1.42. The Morgan fingerprint density at radius 2 is 1.64 bits per heavy atom. The first-order valence-electron chi connectivity index (χ1n) is 7.98. The first-order chi connectivity index (χ1) is 10.7. The highest BCUT2D eigenvalue weighted by Gasteiger charge is 2.32. The average Bonchev–Trinajstić information content (AvgIpc) is 2.52. The molecule has 5 nitrogen and oxygen atoms in total. The molecule has 1 aliphatic carbocycles. The van der Waals surface area contributed by atoms with E-state index in [-0.39, 0.29) is 17.9 Å². The van der Waals surface area contributed by atoms with Gasteiger partial charge in [0.05, 0.1) is 0 Å². The predicted molar refractivity (Wildman–Crippen MR) is 82.1 cm³/mol. The average molecular weight is 302 g/mol. The molecule has 0 atom stereocenters. The Bertz CT molecular complexity index is 520. The molecule has 1 heterocycles. The lowest BCUT2D eigenvalue weighted by molar-refractivity contribution is -0.139. The van der Waals surface area contributed by atoms with Crippen LogP contribution in [0.15, 0.2) is 30.3 Å². The molecule has 2 amide bonds. The molecule has 5 heteroatoms. The van der Waals surface area contributed by atoms with Gasteiger partial charge in [0.1, 0.15) is 6.61 Å². The molecule has 0 unspecified atom stereocenters. The molecule has 2 fully saturated rings. The molecule has 1 aromatic carbocycles. The van der Waals surface area contributed by atoms with Crippen molar-refractivity contribution in [1.29, 1.82) is 0 Å². The molecule has 1 aromatic rings. The Labute approximate surface area is 130 Å². The standard InChI is InChI=1S/C17H22N2O3/c20-16(15-7-4-8-15)18-9-11-19(12-10-18)17(21)22-13-14-5-2-1-3-6-14/h1-3,5-6,15H,4,7-13H2. The smallest absolute Gasteiger partial charge is 0.410 e. The summed E-state index contributed by atoms with van der Waals surface area (Å²) < 4.78 is 5.33. The maximum atomic E-state index is 12.2. The van der Waals surface area contributed by atoms with Crippen molar-refractivity contribution in [2.24, 2.45) is 5.92 Å². The number of amides is 2. The zero-order chi connectivity index (χ0) is 15.4. The van der Waals surface area contributed by atoms with E-state index in [1.54, 1.807) is 4.90 Å². The molecular weight excluding hydrogens is 280 g/mol. The van der Waals surface area contributed by atoms with Gasteiger partial charge in [-0.1, -0.05) is 36.8 Å². The lowest BCUT2D eigenvalue weighted by Crippen LogP contribution is -2.52. The fraction of sp³-hybridized carbons (Fsp3) is 0.529. The zero-order valence-corrected chi connectivity index (χ0v) is 12.7. The van der Waals surface area contributed by atoms with Crippen LogP contribution in [0.4, 0.5) is 4.79 Å². The predicted octanol–water partition coefficient (Wildman–Crippen LogP) is 2.27. The van der Waals surface area contributed by atoms with Crippen LogP contribution in [-0.2, 0) is 16.1 Å². The number of benzene rings is 1. The highest BCUT2D eigenvalue weighted by Crippen LogP contribution is 2.28. The summed E-state index contributed by atoms with van der Waals surface area (Å²) in [4.78, 5) is 27.8. The molecule has 118 valence electrons. The van der Waals surface area contributed by atoms with Crippen molar-refractivity contribution in [2.45, 2.75) is 25.9 Å². The van der Waals surface area contributed by atoms with E-state index in [1.807, 2.05) is 35.2 Å². The van der Waals surface area contributed by atoms with E-state index in [0.717, 1.165) is 18.4 Å². The number of hydrogen-bond donors (Lipinski definition) is 0. The highest BCUT2D eigenvalue weighted by atomic mass is 16.6. The van der Waals surface area contributed by atoms with Crippen LogP contribution in [-0.4, -0.2) is 48.0 Å².